The van der Waals surface area contributed by atoms with E-state index in [1.165, 1.54) is 12.1 Å². The smallest absolute Gasteiger partial charge is 0.169 e. The molecule has 3 rings (SSSR count). The largest absolute Gasteiger partial charge is 0.336 e. The number of aromatic amines is 1. The first-order valence-corrected chi connectivity index (χ1v) is 5.42. The Balaban J connectivity index is 2.26. The van der Waals surface area contributed by atoms with E-state index < -0.39 is 11.6 Å². The minimum Gasteiger partial charge on any atom is -0.336 e. The number of imidazole rings is 1. The van der Waals surface area contributed by atoms with Crippen LogP contribution >= 0.6 is 0 Å². The number of rotatable bonds is 1. The number of benzene rings is 1. The molecule has 18 heavy (non-hydrogen) atoms. The van der Waals surface area contributed by atoms with Crippen molar-refractivity contribution < 1.29 is 8.78 Å². The van der Waals surface area contributed by atoms with Gasteiger partial charge in [0.25, 0.3) is 0 Å². The van der Waals surface area contributed by atoms with Gasteiger partial charge in [0.2, 0.25) is 0 Å². The molecule has 5 heteroatoms. The number of nitrogens with zero attached hydrogens (tertiary/aromatic N) is 2. The van der Waals surface area contributed by atoms with Crippen molar-refractivity contribution in [2.24, 2.45) is 0 Å². The summed E-state index contributed by atoms with van der Waals surface area (Å²) in [6.07, 6.45) is 1.63. The summed E-state index contributed by atoms with van der Waals surface area (Å²) in [6.45, 7) is 1.83. The molecule has 0 bridgehead atoms. The molecule has 1 aromatic carbocycles. The van der Waals surface area contributed by atoms with E-state index in [9.17, 15) is 8.78 Å². The van der Waals surface area contributed by atoms with E-state index in [1.807, 2.05) is 6.92 Å². The highest BCUT2D eigenvalue weighted by Gasteiger charge is 2.13. The summed E-state index contributed by atoms with van der Waals surface area (Å²) in [5.41, 5.74) is 2.30. The van der Waals surface area contributed by atoms with Crippen LogP contribution in [0.1, 0.15) is 5.69 Å². The molecule has 0 unspecified atom stereocenters. The molecular formula is C13H9F2N3. The van der Waals surface area contributed by atoms with Crippen molar-refractivity contribution in [1.29, 1.82) is 0 Å². The fourth-order valence-corrected chi connectivity index (χ4v) is 1.88. The number of nitrogens with one attached hydrogen (secondary N) is 1. The Morgan fingerprint density at radius 3 is 2.78 bits per heavy atom. The molecule has 0 amide bonds. The number of H-pyrrole nitrogens is 1. The molecule has 0 aliphatic carbocycles. The number of aromatic nitrogens is 3. The third-order valence-electron chi connectivity index (χ3n) is 2.80. The Bertz CT molecular complexity index is 734. The lowest BCUT2D eigenvalue weighted by Crippen LogP contribution is -1.90. The second-order valence-corrected chi connectivity index (χ2v) is 3.98. The van der Waals surface area contributed by atoms with E-state index in [2.05, 4.69) is 15.0 Å². The van der Waals surface area contributed by atoms with Crippen LogP contribution in [0.15, 0.2) is 30.5 Å². The maximum absolute atomic E-state index is 13.7. The quantitative estimate of drug-likeness (QED) is 0.715. The zero-order valence-corrected chi connectivity index (χ0v) is 9.54. The molecule has 0 saturated heterocycles. The van der Waals surface area contributed by atoms with Gasteiger partial charge in [-0.1, -0.05) is 6.07 Å². The molecule has 1 N–H and O–H groups in total. The molecule has 0 atom stereocenters. The predicted octanol–water partition coefficient (Wildman–Crippen LogP) is 3.21. The predicted molar refractivity (Wildman–Crippen MR) is 64.0 cm³/mol. The Hall–Kier alpha value is -2.30. The third-order valence-corrected chi connectivity index (χ3v) is 2.80. The highest BCUT2D eigenvalue weighted by Crippen LogP contribution is 2.24. The lowest BCUT2D eigenvalue weighted by Gasteiger charge is -1.99. The van der Waals surface area contributed by atoms with Gasteiger partial charge in [0.15, 0.2) is 11.6 Å². The average molecular weight is 245 g/mol. The molecule has 0 radical (unpaired) electrons. The van der Waals surface area contributed by atoms with Gasteiger partial charge in [-0.05, 0) is 25.1 Å². The van der Waals surface area contributed by atoms with E-state index in [0.717, 1.165) is 17.3 Å². The molecule has 0 saturated carbocycles. The Kier molecular flexibility index (Phi) is 2.33. The highest BCUT2D eigenvalue weighted by atomic mass is 19.2. The van der Waals surface area contributed by atoms with Crippen LogP contribution in [0.5, 0.6) is 0 Å². The number of pyridine rings is 1. The maximum Gasteiger partial charge on any atom is 0.169 e. The van der Waals surface area contributed by atoms with E-state index >= 15 is 0 Å². The van der Waals surface area contributed by atoms with Crippen molar-refractivity contribution in [2.45, 2.75) is 6.92 Å². The van der Waals surface area contributed by atoms with Gasteiger partial charge in [-0.15, -0.1) is 0 Å². The van der Waals surface area contributed by atoms with Gasteiger partial charge < -0.3 is 4.98 Å². The van der Waals surface area contributed by atoms with Gasteiger partial charge in [-0.3, -0.25) is 4.98 Å². The number of fused-ring (bicyclic) bond motifs is 1. The van der Waals surface area contributed by atoms with Gasteiger partial charge in [-0.25, -0.2) is 13.8 Å². The molecule has 0 spiro atoms. The third kappa shape index (κ3) is 1.55. The van der Waals surface area contributed by atoms with Crippen LogP contribution in [0.2, 0.25) is 0 Å². The standard InChI is InChI=1S/C13H9F2N3/c1-7-12-10(5-6-16-7)17-13(18-12)8-3-2-4-9(14)11(8)15/h2-6H,1H3,(H,17,18). The van der Waals surface area contributed by atoms with Crippen molar-refractivity contribution in [2.75, 3.05) is 0 Å². The lowest BCUT2D eigenvalue weighted by atomic mass is 10.2. The van der Waals surface area contributed by atoms with Crippen LogP contribution in [0, 0.1) is 18.6 Å². The van der Waals surface area contributed by atoms with E-state index in [1.54, 1.807) is 12.3 Å². The van der Waals surface area contributed by atoms with Crippen molar-refractivity contribution in [3.63, 3.8) is 0 Å². The minimum atomic E-state index is -0.901. The monoisotopic (exact) mass is 245 g/mol. The van der Waals surface area contributed by atoms with Gasteiger partial charge in [0.05, 0.1) is 22.3 Å². The number of halogens is 2. The second kappa shape index (κ2) is 3.87. The topological polar surface area (TPSA) is 41.6 Å². The molecule has 3 nitrogen and oxygen atoms in total. The molecule has 0 fully saturated rings. The fraction of sp³-hybridized carbons (Fsp3) is 0.0769. The van der Waals surface area contributed by atoms with E-state index in [4.69, 9.17) is 0 Å². The average Bonchev–Trinajstić information content (AvgIpc) is 2.78. The summed E-state index contributed by atoms with van der Waals surface area (Å²) in [5, 5.41) is 0. The summed E-state index contributed by atoms with van der Waals surface area (Å²) < 4.78 is 26.8. The normalized spacial score (nSPS) is 11.1. The molecule has 3 aromatic rings. The fourth-order valence-electron chi connectivity index (χ4n) is 1.88. The first-order valence-electron chi connectivity index (χ1n) is 5.42. The van der Waals surface area contributed by atoms with Crippen LogP contribution in [0.4, 0.5) is 8.78 Å². The first-order chi connectivity index (χ1) is 8.66. The van der Waals surface area contributed by atoms with E-state index in [0.29, 0.717) is 11.3 Å². The molecule has 2 heterocycles. The molecule has 0 aliphatic heterocycles. The van der Waals surface area contributed by atoms with Crippen LogP contribution in [-0.4, -0.2) is 15.0 Å². The molecule has 0 aliphatic rings. The van der Waals surface area contributed by atoms with E-state index in [-0.39, 0.29) is 5.56 Å². The second-order valence-electron chi connectivity index (χ2n) is 3.98. The minimum absolute atomic E-state index is 0.116. The maximum atomic E-state index is 13.7. The van der Waals surface area contributed by atoms with Gasteiger partial charge in [0, 0.05) is 6.20 Å². The number of hydrogen-bond donors (Lipinski definition) is 1. The zero-order valence-electron chi connectivity index (χ0n) is 9.54. The summed E-state index contributed by atoms with van der Waals surface area (Å²) in [4.78, 5) is 11.3. The highest BCUT2D eigenvalue weighted by molar-refractivity contribution is 5.80. The Morgan fingerprint density at radius 2 is 2.00 bits per heavy atom. The number of hydrogen-bond acceptors (Lipinski definition) is 2. The van der Waals surface area contributed by atoms with Gasteiger partial charge in [0.1, 0.15) is 5.82 Å². The summed E-state index contributed by atoms with van der Waals surface area (Å²) in [7, 11) is 0. The SMILES string of the molecule is Cc1nccc2nc(-c3cccc(F)c3F)[nH]c12. The molecule has 2 aromatic heterocycles. The summed E-state index contributed by atoms with van der Waals surface area (Å²) in [6, 6.07) is 5.73. The molecular weight excluding hydrogens is 236 g/mol. The van der Waals surface area contributed by atoms with Crippen molar-refractivity contribution >= 4 is 11.0 Å². The zero-order chi connectivity index (χ0) is 12.7. The van der Waals surface area contributed by atoms with Crippen LogP contribution in [-0.2, 0) is 0 Å². The van der Waals surface area contributed by atoms with Crippen LogP contribution in [0.25, 0.3) is 22.4 Å². The first kappa shape index (κ1) is 10.8. The van der Waals surface area contributed by atoms with Gasteiger partial charge in [-0.2, -0.15) is 0 Å². The van der Waals surface area contributed by atoms with Crippen LogP contribution in [0.3, 0.4) is 0 Å². The summed E-state index contributed by atoms with van der Waals surface area (Å²) in [5.74, 6) is -1.48. The van der Waals surface area contributed by atoms with Crippen molar-refractivity contribution in [3.05, 3.63) is 47.8 Å². The van der Waals surface area contributed by atoms with Crippen LogP contribution < -0.4 is 0 Å². The van der Waals surface area contributed by atoms with Crippen molar-refractivity contribution in [1.82, 2.24) is 15.0 Å². The van der Waals surface area contributed by atoms with Crippen molar-refractivity contribution in [3.8, 4) is 11.4 Å². The lowest BCUT2D eigenvalue weighted by molar-refractivity contribution is 0.510. The number of aryl methyl sites for hydroxylation is 1. The Morgan fingerprint density at radius 1 is 1.17 bits per heavy atom. The molecule has 90 valence electrons. The van der Waals surface area contributed by atoms with Gasteiger partial charge >= 0.3 is 0 Å². The Labute approximate surface area is 102 Å². The summed E-state index contributed by atoms with van der Waals surface area (Å²) >= 11 is 0.